The van der Waals surface area contributed by atoms with E-state index in [0.29, 0.717) is 12.1 Å². The minimum atomic E-state index is -0.683. The van der Waals surface area contributed by atoms with Gasteiger partial charge in [0, 0.05) is 12.1 Å². The molecule has 4 nitrogen and oxygen atoms in total. The minimum Gasteiger partial charge on any atom is -0.497 e. The lowest BCUT2D eigenvalue weighted by Gasteiger charge is -2.24. The second-order valence-corrected chi connectivity index (χ2v) is 4.33. The van der Waals surface area contributed by atoms with Gasteiger partial charge in [-0.2, -0.15) is 0 Å². The van der Waals surface area contributed by atoms with Crippen LogP contribution in [-0.4, -0.2) is 36.7 Å². The van der Waals surface area contributed by atoms with Crippen LogP contribution in [0.4, 0.5) is 0 Å². The zero-order chi connectivity index (χ0) is 12.9. The molecule has 4 heteroatoms. The molecule has 94 valence electrons. The van der Waals surface area contributed by atoms with Crippen molar-refractivity contribution in [3.05, 3.63) is 29.8 Å². The Bertz CT molecular complexity index is 371. The molecular formula is C13H19NO3. The van der Waals surface area contributed by atoms with Gasteiger partial charge < -0.3 is 15.2 Å². The van der Waals surface area contributed by atoms with Crippen LogP contribution < -0.4 is 10.1 Å². The summed E-state index contributed by atoms with van der Waals surface area (Å²) in [4.78, 5) is 12.2. The molecule has 1 aromatic carbocycles. The number of rotatable bonds is 6. The maximum atomic E-state index is 12.2. The van der Waals surface area contributed by atoms with Crippen LogP contribution in [-0.2, 0) is 0 Å². The molecule has 0 atom stereocenters. The Kier molecular flexibility index (Phi) is 4.66. The van der Waals surface area contributed by atoms with Crippen molar-refractivity contribution in [2.45, 2.75) is 19.4 Å². The van der Waals surface area contributed by atoms with E-state index in [1.165, 1.54) is 0 Å². The van der Waals surface area contributed by atoms with E-state index in [2.05, 4.69) is 5.32 Å². The number of aliphatic hydroxyl groups is 1. The van der Waals surface area contributed by atoms with Crippen molar-refractivity contribution in [1.29, 1.82) is 0 Å². The van der Waals surface area contributed by atoms with Crippen LogP contribution in [0.1, 0.15) is 24.2 Å². The second kappa shape index (κ2) is 5.80. The van der Waals surface area contributed by atoms with Gasteiger partial charge >= 0.3 is 0 Å². The topological polar surface area (TPSA) is 58.6 Å². The fourth-order valence-corrected chi connectivity index (χ4v) is 1.55. The Labute approximate surface area is 102 Å². The molecule has 0 saturated heterocycles. The predicted molar refractivity (Wildman–Crippen MR) is 66.5 cm³/mol. The van der Waals surface area contributed by atoms with Gasteiger partial charge in [0.2, 0.25) is 0 Å². The molecule has 0 saturated carbocycles. The van der Waals surface area contributed by atoms with Gasteiger partial charge in [-0.25, -0.2) is 0 Å². The highest BCUT2D eigenvalue weighted by molar-refractivity contribution is 6.02. The summed E-state index contributed by atoms with van der Waals surface area (Å²) in [5, 5.41) is 11.8. The number of carbonyl (C=O) groups is 1. The van der Waals surface area contributed by atoms with Crippen LogP contribution >= 0.6 is 0 Å². The Morgan fingerprint density at radius 3 is 2.41 bits per heavy atom. The Morgan fingerprint density at radius 1 is 1.35 bits per heavy atom. The highest BCUT2D eigenvalue weighted by atomic mass is 16.5. The quantitative estimate of drug-likeness (QED) is 0.731. The lowest BCUT2D eigenvalue weighted by atomic mass is 9.93. The van der Waals surface area contributed by atoms with Gasteiger partial charge in [-0.1, -0.05) is 0 Å². The molecule has 17 heavy (non-hydrogen) atoms. The van der Waals surface area contributed by atoms with E-state index in [4.69, 9.17) is 9.84 Å². The number of benzene rings is 1. The first-order chi connectivity index (χ1) is 8.01. The molecule has 0 aromatic heterocycles. The van der Waals surface area contributed by atoms with Gasteiger partial charge in [0.25, 0.3) is 0 Å². The third kappa shape index (κ3) is 3.54. The largest absolute Gasteiger partial charge is 0.497 e. The van der Waals surface area contributed by atoms with Crippen molar-refractivity contribution in [2.75, 3.05) is 20.3 Å². The first-order valence-corrected chi connectivity index (χ1v) is 5.56. The fraction of sp³-hybridized carbons (Fsp3) is 0.462. The van der Waals surface area contributed by atoms with Crippen molar-refractivity contribution in [1.82, 2.24) is 5.32 Å². The summed E-state index contributed by atoms with van der Waals surface area (Å²) in [5.41, 5.74) is -0.0571. The van der Waals surface area contributed by atoms with E-state index < -0.39 is 5.54 Å². The van der Waals surface area contributed by atoms with E-state index in [9.17, 15) is 4.79 Å². The maximum Gasteiger partial charge on any atom is 0.182 e. The monoisotopic (exact) mass is 237 g/mol. The predicted octanol–water partition coefficient (Wildman–Crippen LogP) is 1.24. The summed E-state index contributed by atoms with van der Waals surface area (Å²) in [6.45, 7) is 4.01. The summed E-state index contributed by atoms with van der Waals surface area (Å²) in [5.74, 6) is 0.719. The van der Waals surface area contributed by atoms with Crippen LogP contribution in [0.25, 0.3) is 0 Å². The number of Topliss-reactive ketones (excluding diaryl/α,β-unsaturated/α-hetero) is 1. The van der Waals surface area contributed by atoms with Crippen LogP contribution in [0.2, 0.25) is 0 Å². The summed E-state index contributed by atoms with van der Waals surface area (Å²) >= 11 is 0. The molecular weight excluding hydrogens is 218 g/mol. The summed E-state index contributed by atoms with van der Waals surface area (Å²) in [7, 11) is 1.59. The number of hydrogen-bond donors (Lipinski definition) is 2. The summed E-state index contributed by atoms with van der Waals surface area (Å²) in [6, 6.07) is 7.00. The Hall–Kier alpha value is -1.39. The van der Waals surface area contributed by atoms with Crippen LogP contribution in [0.15, 0.2) is 24.3 Å². The number of ketones is 1. The standard InChI is InChI=1S/C13H19NO3/c1-13(2,14-8-9-15)12(16)10-4-6-11(17-3)7-5-10/h4-7,14-15H,8-9H2,1-3H3. The highest BCUT2D eigenvalue weighted by Gasteiger charge is 2.27. The van der Waals surface area contributed by atoms with E-state index in [1.54, 1.807) is 45.2 Å². The Morgan fingerprint density at radius 2 is 1.94 bits per heavy atom. The molecule has 0 radical (unpaired) electrons. The number of methoxy groups -OCH3 is 1. The van der Waals surface area contributed by atoms with Crippen molar-refractivity contribution in [3.8, 4) is 5.75 Å². The molecule has 2 N–H and O–H groups in total. The molecule has 0 aliphatic heterocycles. The maximum absolute atomic E-state index is 12.2. The number of nitrogens with one attached hydrogen (secondary N) is 1. The number of carbonyl (C=O) groups excluding carboxylic acids is 1. The summed E-state index contributed by atoms with van der Waals surface area (Å²) < 4.78 is 5.04. The molecule has 1 aromatic rings. The summed E-state index contributed by atoms with van der Waals surface area (Å²) in [6.07, 6.45) is 0. The molecule has 0 fully saturated rings. The van der Waals surface area contributed by atoms with Crippen LogP contribution in [0, 0.1) is 0 Å². The van der Waals surface area contributed by atoms with Crippen LogP contribution in [0.5, 0.6) is 5.75 Å². The fourth-order valence-electron chi connectivity index (χ4n) is 1.55. The van der Waals surface area contributed by atoms with Gasteiger partial charge in [-0.15, -0.1) is 0 Å². The zero-order valence-corrected chi connectivity index (χ0v) is 10.5. The van der Waals surface area contributed by atoms with Crippen LogP contribution in [0.3, 0.4) is 0 Å². The zero-order valence-electron chi connectivity index (χ0n) is 10.5. The van der Waals surface area contributed by atoms with Crippen molar-refractivity contribution in [3.63, 3.8) is 0 Å². The van der Waals surface area contributed by atoms with Gasteiger partial charge in [0.05, 0.1) is 19.3 Å². The number of β-amino-alcohol motifs (C(OH)–C–C–N with tert-alkyl or cyclic N) is 1. The molecule has 1 rings (SSSR count). The molecule has 0 bridgehead atoms. The third-order valence-corrected chi connectivity index (χ3v) is 2.60. The second-order valence-electron chi connectivity index (χ2n) is 4.33. The smallest absolute Gasteiger partial charge is 0.182 e. The molecule has 0 amide bonds. The van der Waals surface area contributed by atoms with E-state index >= 15 is 0 Å². The number of aliphatic hydroxyl groups excluding tert-OH is 1. The SMILES string of the molecule is COc1ccc(C(=O)C(C)(C)NCCO)cc1. The lowest BCUT2D eigenvalue weighted by molar-refractivity contribution is 0.0877. The molecule has 0 unspecified atom stereocenters. The van der Waals surface area contributed by atoms with E-state index in [-0.39, 0.29) is 12.4 Å². The molecule has 0 heterocycles. The average Bonchev–Trinajstić information content (AvgIpc) is 2.35. The number of hydrogen-bond acceptors (Lipinski definition) is 4. The molecule has 0 spiro atoms. The van der Waals surface area contributed by atoms with Gasteiger partial charge in [-0.3, -0.25) is 4.79 Å². The Balaban J connectivity index is 2.80. The van der Waals surface area contributed by atoms with E-state index in [0.717, 1.165) is 5.75 Å². The first kappa shape index (κ1) is 13.7. The average molecular weight is 237 g/mol. The van der Waals surface area contributed by atoms with Gasteiger partial charge in [0.15, 0.2) is 5.78 Å². The first-order valence-electron chi connectivity index (χ1n) is 5.56. The third-order valence-electron chi connectivity index (χ3n) is 2.60. The normalized spacial score (nSPS) is 11.3. The van der Waals surface area contributed by atoms with Gasteiger partial charge in [-0.05, 0) is 38.1 Å². The minimum absolute atomic E-state index is 0.00592. The van der Waals surface area contributed by atoms with Gasteiger partial charge in [0.1, 0.15) is 5.75 Å². The van der Waals surface area contributed by atoms with E-state index in [1.807, 2.05) is 0 Å². The van der Waals surface area contributed by atoms with Crippen molar-refractivity contribution < 1.29 is 14.6 Å². The van der Waals surface area contributed by atoms with Crippen molar-refractivity contribution >= 4 is 5.78 Å². The highest BCUT2D eigenvalue weighted by Crippen LogP contribution is 2.16. The molecule has 0 aliphatic carbocycles. The molecule has 0 aliphatic rings. The van der Waals surface area contributed by atoms with Crippen molar-refractivity contribution in [2.24, 2.45) is 0 Å². The lowest BCUT2D eigenvalue weighted by Crippen LogP contribution is -2.47. The number of ether oxygens (including phenoxy) is 1.